The van der Waals surface area contributed by atoms with Crippen LogP contribution in [0.4, 0.5) is 0 Å². The predicted molar refractivity (Wildman–Crippen MR) is 93.6 cm³/mol. The molecular weight excluding hydrogens is 288 g/mol. The summed E-state index contributed by atoms with van der Waals surface area (Å²) in [6, 6.07) is 8.70. The Hall–Kier alpha value is -0.940. The average Bonchev–Trinajstić information content (AvgIpc) is 2.94. The summed E-state index contributed by atoms with van der Waals surface area (Å²) in [6.45, 7) is 3.37. The second-order valence-corrected chi connectivity index (χ2v) is 6.72. The van der Waals surface area contributed by atoms with Crippen molar-refractivity contribution in [2.75, 3.05) is 13.2 Å². The van der Waals surface area contributed by atoms with Gasteiger partial charge in [-0.2, -0.15) is 5.06 Å². The summed E-state index contributed by atoms with van der Waals surface area (Å²) >= 11 is 0. The van der Waals surface area contributed by atoms with Crippen LogP contribution in [-0.2, 0) is 17.8 Å². The van der Waals surface area contributed by atoms with Crippen LogP contribution < -0.4 is 5.73 Å². The Morgan fingerprint density at radius 1 is 1.09 bits per heavy atom. The maximum Gasteiger partial charge on any atom is 0.119 e. The van der Waals surface area contributed by atoms with E-state index in [1.165, 1.54) is 49.7 Å². The maximum absolute atomic E-state index is 9.45. The fraction of sp³-hybridized carbons (Fsp3) is 0.684. The number of hydrogen-bond acceptors (Lipinski definition) is 4. The lowest BCUT2D eigenvalue weighted by molar-refractivity contribution is -0.179. The summed E-state index contributed by atoms with van der Waals surface area (Å²) in [7, 11) is 0. The molecule has 0 saturated carbocycles. The van der Waals surface area contributed by atoms with Gasteiger partial charge in [0.2, 0.25) is 0 Å². The second-order valence-electron chi connectivity index (χ2n) is 6.72. The molecule has 23 heavy (non-hydrogen) atoms. The zero-order chi connectivity index (χ0) is 16.5. The van der Waals surface area contributed by atoms with Gasteiger partial charge in [0.15, 0.2) is 0 Å². The molecule has 1 saturated heterocycles. The van der Waals surface area contributed by atoms with E-state index < -0.39 is 5.66 Å². The van der Waals surface area contributed by atoms with Gasteiger partial charge in [0.05, 0.1) is 19.8 Å². The molecule has 1 aliphatic rings. The molecule has 1 aliphatic heterocycles. The number of hydroxylamine groups is 2. The van der Waals surface area contributed by atoms with Gasteiger partial charge in [0, 0.05) is 6.42 Å². The van der Waals surface area contributed by atoms with Crippen LogP contribution in [0.1, 0.15) is 63.0 Å². The number of rotatable bonds is 10. The molecule has 0 radical (unpaired) electrons. The highest BCUT2D eigenvalue weighted by molar-refractivity contribution is 5.22. The largest absolute Gasteiger partial charge is 0.393 e. The lowest BCUT2D eigenvalue weighted by atomic mass is 10.0. The van der Waals surface area contributed by atoms with Crippen molar-refractivity contribution in [1.82, 2.24) is 5.06 Å². The fourth-order valence-corrected chi connectivity index (χ4v) is 3.03. The molecule has 1 unspecified atom stereocenters. The van der Waals surface area contributed by atoms with Crippen molar-refractivity contribution in [2.24, 2.45) is 5.73 Å². The Morgan fingerprint density at radius 3 is 2.43 bits per heavy atom. The number of aliphatic hydroxyl groups excluding tert-OH is 1. The van der Waals surface area contributed by atoms with Gasteiger partial charge in [-0.1, -0.05) is 63.3 Å². The summed E-state index contributed by atoms with van der Waals surface area (Å²) < 4.78 is 0. The summed E-state index contributed by atoms with van der Waals surface area (Å²) in [4.78, 5) is 5.55. The third-order valence-corrected chi connectivity index (χ3v) is 4.72. The van der Waals surface area contributed by atoms with Gasteiger partial charge in [0.1, 0.15) is 5.66 Å². The quantitative estimate of drug-likeness (QED) is 0.649. The van der Waals surface area contributed by atoms with Crippen molar-refractivity contribution in [3.05, 3.63) is 35.4 Å². The molecule has 1 fully saturated rings. The van der Waals surface area contributed by atoms with Gasteiger partial charge >= 0.3 is 0 Å². The van der Waals surface area contributed by atoms with Gasteiger partial charge in [-0.05, 0) is 24.0 Å². The first-order valence-corrected chi connectivity index (χ1v) is 9.06. The molecule has 130 valence electrons. The van der Waals surface area contributed by atoms with E-state index >= 15 is 0 Å². The Morgan fingerprint density at radius 2 is 1.74 bits per heavy atom. The van der Waals surface area contributed by atoms with Crippen molar-refractivity contribution in [2.45, 2.75) is 70.5 Å². The smallest absolute Gasteiger partial charge is 0.119 e. The molecular formula is C19H32N2O2. The minimum Gasteiger partial charge on any atom is -0.393 e. The summed E-state index contributed by atoms with van der Waals surface area (Å²) in [5, 5.41) is 11.2. The van der Waals surface area contributed by atoms with Crippen LogP contribution in [-0.4, -0.2) is 29.0 Å². The van der Waals surface area contributed by atoms with Crippen LogP contribution in [0, 0.1) is 0 Å². The highest BCUT2D eigenvalue weighted by atomic mass is 16.7. The van der Waals surface area contributed by atoms with Crippen LogP contribution >= 0.6 is 0 Å². The lowest BCUT2D eigenvalue weighted by Crippen LogP contribution is -2.53. The summed E-state index contributed by atoms with van der Waals surface area (Å²) in [6.07, 6.45) is 9.83. The first-order chi connectivity index (χ1) is 11.2. The molecule has 1 aromatic carbocycles. The van der Waals surface area contributed by atoms with E-state index in [0.717, 1.165) is 6.42 Å². The van der Waals surface area contributed by atoms with Crippen LogP contribution in [0.2, 0.25) is 0 Å². The number of nitrogens with zero attached hydrogens (tertiary/aromatic N) is 1. The van der Waals surface area contributed by atoms with E-state index in [-0.39, 0.29) is 6.61 Å². The van der Waals surface area contributed by atoms with Gasteiger partial charge < -0.3 is 10.8 Å². The Balaban J connectivity index is 1.74. The normalized spacial score (nSPS) is 21.9. The van der Waals surface area contributed by atoms with E-state index in [4.69, 9.17) is 10.6 Å². The van der Waals surface area contributed by atoms with Crippen LogP contribution in [0.25, 0.3) is 0 Å². The monoisotopic (exact) mass is 320 g/mol. The molecule has 0 amide bonds. The van der Waals surface area contributed by atoms with E-state index in [1.54, 1.807) is 5.06 Å². The number of hydrogen-bond donors (Lipinski definition) is 2. The number of aryl methyl sites for hydroxylation is 1. The number of unbranched alkanes of at least 4 members (excludes halogenated alkanes) is 5. The van der Waals surface area contributed by atoms with Crippen molar-refractivity contribution in [3.8, 4) is 0 Å². The van der Waals surface area contributed by atoms with Crippen molar-refractivity contribution in [1.29, 1.82) is 0 Å². The topological polar surface area (TPSA) is 58.7 Å². The predicted octanol–water partition coefficient (Wildman–Crippen LogP) is 3.37. The van der Waals surface area contributed by atoms with Crippen molar-refractivity contribution >= 4 is 0 Å². The molecule has 0 aliphatic carbocycles. The molecule has 0 bridgehead atoms. The lowest BCUT2D eigenvalue weighted by Gasteiger charge is -2.30. The third-order valence-electron chi connectivity index (χ3n) is 4.72. The summed E-state index contributed by atoms with van der Waals surface area (Å²) in [5.41, 5.74) is 7.97. The van der Waals surface area contributed by atoms with Crippen molar-refractivity contribution < 1.29 is 9.94 Å². The highest BCUT2D eigenvalue weighted by Crippen LogP contribution is 2.24. The molecule has 0 spiro atoms. The van der Waals surface area contributed by atoms with E-state index in [2.05, 4.69) is 31.2 Å². The maximum atomic E-state index is 9.45. The Bertz CT molecular complexity index is 449. The van der Waals surface area contributed by atoms with E-state index in [0.29, 0.717) is 19.6 Å². The molecule has 1 heterocycles. The first-order valence-electron chi connectivity index (χ1n) is 9.06. The van der Waals surface area contributed by atoms with Crippen LogP contribution in [0.3, 0.4) is 0 Å². The molecule has 0 aromatic heterocycles. The zero-order valence-electron chi connectivity index (χ0n) is 14.5. The zero-order valence-corrected chi connectivity index (χ0v) is 14.5. The van der Waals surface area contributed by atoms with Gasteiger partial charge in [-0.3, -0.25) is 4.84 Å². The SMILES string of the molecule is CCCCCCCCc1ccc(CN2OCCC2(N)CO)cc1. The summed E-state index contributed by atoms with van der Waals surface area (Å²) in [5.74, 6) is 0. The second kappa shape index (κ2) is 9.38. The van der Waals surface area contributed by atoms with Gasteiger partial charge in [-0.25, -0.2) is 0 Å². The van der Waals surface area contributed by atoms with Gasteiger partial charge in [0.25, 0.3) is 0 Å². The minimum atomic E-state index is -0.739. The minimum absolute atomic E-state index is 0.0802. The molecule has 1 aromatic rings. The first kappa shape index (κ1) is 18.4. The van der Waals surface area contributed by atoms with Gasteiger partial charge in [-0.15, -0.1) is 0 Å². The number of nitrogens with two attached hydrogens (primary N) is 1. The molecule has 2 rings (SSSR count). The Kier molecular flexibility index (Phi) is 7.50. The molecule has 4 nitrogen and oxygen atoms in total. The molecule has 1 atom stereocenters. The van der Waals surface area contributed by atoms with Crippen LogP contribution in [0.15, 0.2) is 24.3 Å². The molecule has 4 heteroatoms. The number of benzene rings is 1. The van der Waals surface area contributed by atoms with Crippen molar-refractivity contribution in [3.63, 3.8) is 0 Å². The van der Waals surface area contributed by atoms with E-state index in [9.17, 15) is 5.11 Å². The fourth-order valence-electron chi connectivity index (χ4n) is 3.03. The Labute approximate surface area is 140 Å². The van der Waals surface area contributed by atoms with Crippen LogP contribution in [0.5, 0.6) is 0 Å². The standard InChI is InChI=1S/C19H32N2O2/c1-2-3-4-5-6-7-8-17-9-11-18(12-10-17)15-21-19(20,16-22)13-14-23-21/h9-12,22H,2-8,13-16,20H2,1H3. The average molecular weight is 320 g/mol. The highest BCUT2D eigenvalue weighted by Gasteiger charge is 2.38. The third kappa shape index (κ3) is 5.57. The molecule has 3 N–H and O–H groups in total. The number of aliphatic hydroxyl groups is 1. The van der Waals surface area contributed by atoms with E-state index in [1.807, 2.05) is 0 Å².